The van der Waals surface area contributed by atoms with Crippen LogP contribution in [0.1, 0.15) is 60.8 Å². The molecule has 0 heterocycles. The largest absolute Gasteiger partial charge is 0.381 e. The molecule has 0 atom stereocenters. The van der Waals surface area contributed by atoms with Crippen molar-refractivity contribution < 1.29 is 13.2 Å². The van der Waals surface area contributed by atoms with E-state index in [-0.39, 0.29) is 11.2 Å². The zero-order valence-corrected chi connectivity index (χ0v) is 13.7. The second-order valence-corrected chi connectivity index (χ2v) is 9.97. The Morgan fingerprint density at radius 2 is 1.44 bits per heavy atom. The van der Waals surface area contributed by atoms with E-state index in [0.717, 1.165) is 32.5 Å². The van der Waals surface area contributed by atoms with Crippen molar-refractivity contribution in [2.45, 2.75) is 65.6 Å². The molecular formula is C14H30O3S. The molecule has 4 heteroatoms. The molecule has 0 fully saturated rings. The second kappa shape index (κ2) is 6.90. The van der Waals surface area contributed by atoms with E-state index in [0.29, 0.717) is 0 Å². The smallest absolute Gasteiger partial charge is 0.155 e. The zero-order chi connectivity index (χ0) is 14.4. The Morgan fingerprint density at radius 3 is 1.89 bits per heavy atom. The molecule has 0 aliphatic carbocycles. The van der Waals surface area contributed by atoms with Crippen LogP contribution in [-0.4, -0.2) is 32.1 Å². The molecule has 0 spiro atoms. The van der Waals surface area contributed by atoms with Crippen LogP contribution in [0.2, 0.25) is 0 Å². The highest BCUT2D eigenvalue weighted by Gasteiger charge is 2.27. The van der Waals surface area contributed by atoms with E-state index in [1.165, 1.54) is 0 Å². The van der Waals surface area contributed by atoms with Crippen LogP contribution in [-0.2, 0) is 14.6 Å². The van der Waals surface area contributed by atoms with Crippen molar-refractivity contribution in [2.24, 2.45) is 5.41 Å². The molecule has 110 valence electrons. The summed E-state index contributed by atoms with van der Waals surface area (Å²) in [4.78, 5) is 0. The van der Waals surface area contributed by atoms with Gasteiger partial charge in [-0.1, -0.05) is 27.2 Å². The third-order valence-electron chi connectivity index (χ3n) is 2.67. The Bertz CT molecular complexity index is 318. The Balaban J connectivity index is 3.65. The number of rotatable bonds is 7. The summed E-state index contributed by atoms with van der Waals surface area (Å²) in [7, 11) is -2.95. The molecule has 0 unspecified atom stereocenters. The van der Waals surface area contributed by atoms with Gasteiger partial charge in [0.15, 0.2) is 9.84 Å². The Hall–Kier alpha value is -0.0900. The second-order valence-electron chi connectivity index (χ2n) is 7.11. The zero-order valence-electron chi connectivity index (χ0n) is 12.9. The van der Waals surface area contributed by atoms with Crippen molar-refractivity contribution in [2.75, 3.05) is 19.0 Å². The number of sulfone groups is 1. The summed E-state index contributed by atoms with van der Waals surface area (Å²) >= 11 is 0. The van der Waals surface area contributed by atoms with Crippen molar-refractivity contribution >= 4 is 9.84 Å². The SMILES string of the molecule is CC(C)(C)COCCCCCS(=O)(=O)C(C)(C)C. The maximum Gasteiger partial charge on any atom is 0.155 e. The van der Waals surface area contributed by atoms with Gasteiger partial charge in [-0.05, 0) is 39.0 Å². The van der Waals surface area contributed by atoms with Gasteiger partial charge in [-0.3, -0.25) is 0 Å². The van der Waals surface area contributed by atoms with E-state index < -0.39 is 14.6 Å². The quantitative estimate of drug-likeness (QED) is 0.670. The molecule has 0 aromatic rings. The molecule has 0 bridgehead atoms. The highest BCUT2D eigenvalue weighted by Crippen LogP contribution is 2.18. The van der Waals surface area contributed by atoms with Gasteiger partial charge in [-0.2, -0.15) is 0 Å². The van der Waals surface area contributed by atoms with Crippen molar-refractivity contribution in [3.8, 4) is 0 Å². The minimum absolute atomic E-state index is 0.204. The molecule has 0 aliphatic rings. The highest BCUT2D eigenvalue weighted by molar-refractivity contribution is 7.92. The van der Waals surface area contributed by atoms with Crippen LogP contribution >= 0.6 is 0 Å². The summed E-state index contributed by atoms with van der Waals surface area (Å²) < 4.78 is 28.6. The maximum absolute atomic E-state index is 11.8. The van der Waals surface area contributed by atoms with Gasteiger partial charge in [0.25, 0.3) is 0 Å². The predicted octanol–water partition coefficient (Wildman–Crippen LogP) is 3.43. The Morgan fingerprint density at radius 1 is 0.889 bits per heavy atom. The fraction of sp³-hybridized carbons (Fsp3) is 1.00. The van der Waals surface area contributed by atoms with Crippen LogP contribution in [0.25, 0.3) is 0 Å². The van der Waals surface area contributed by atoms with E-state index in [4.69, 9.17) is 4.74 Å². The Labute approximate surface area is 113 Å². The minimum atomic E-state index is -2.95. The molecular weight excluding hydrogens is 248 g/mol. The van der Waals surface area contributed by atoms with Gasteiger partial charge >= 0.3 is 0 Å². The number of hydrogen-bond acceptors (Lipinski definition) is 3. The maximum atomic E-state index is 11.8. The first kappa shape index (κ1) is 17.9. The van der Waals surface area contributed by atoms with Crippen LogP contribution in [0, 0.1) is 5.41 Å². The first-order chi connectivity index (χ1) is 7.96. The molecule has 0 radical (unpaired) electrons. The number of hydrogen-bond donors (Lipinski definition) is 0. The van der Waals surface area contributed by atoms with E-state index in [1.54, 1.807) is 20.8 Å². The molecule has 0 rings (SSSR count). The molecule has 0 saturated carbocycles. The van der Waals surface area contributed by atoms with Crippen LogP contribution in [0.15, 0.2) is 0 Å². The van der Waals surface area contributed by atoms with Gasteiger partial charge in [0.1, 0.15) is 0 Å². The predicted molar refractivity (Wildman–Crippen MR) is 77.7 cm³/mol. The normalized spacial score (nSPS) is 13.9. The van der Waals surface area contributed by atoms with E-state index in [2.05, 4.69) is 20.8 Å². The first-order valence-electron chi connectivity index (χ1n) is 6.76. The highest BCUT2D eigenvalue weighted by atomic mass is 32.2. The van der Waals surface area contributed by atoms with E-state index in [9.17, 15) is 8.42 Å². The van der Waals surface area contributed by atoms with Gasteiger partial charge < -0.3 is 4.74 Å². The monoisotopic (exact) mass is 278 g/mol. The van der Waals surface area contributed by atoms with Crippen LogP contribution in [0.4, 0.5) is 0 Å². The van der Waals surface area contributed by atoms with Crippen molar-refractivity contribution in [3.63, 3.8) is 0 Å². The molecule has 3 nitrogen and oxygen atoms in total. The lowest BCUT2D eigenvalue weighted by Crippen LogP contribution is -2.30. The molecule has 0 aliphatic heterocycles. The summed E-state index contributed by atoms with van der Waals surface area (Å²) in [5.41, 5.74) is 0.204. The average Bonchev–Trinajstić information content (AvgIpc) is 2.12. The summed E-state index contributed by atoms with van der Waals surface area (Å²) in [6.07, 6.45) is 2.59. The molecule has 18 heavy (non-hydrogen) atoms. The molecule has 0 aromatic heterocycles. The third kappa shape index (κ3) is 8.09. The average molecular weight is 278 g/mol. The fourth-order valence-electron chi connectivity index (χ4n) is 1.36. The third-order valence-corrected chi connectivity index (χ3v) is 5.36. The lowest BCUT2D eigenvalue weighted by atomic mass is 9.99. The van der Waals surface area contributed by atoms with Crippen LogP contribution < -0.4 is 0 Å². The van der Waals surface area contributed by atoms with Gasteiger partial charge in [0.2, 0.25) is 0 Å². The molecule has 0 aromatic carbocycles. The lowest BCUT2D eigenvalue weighted by Gasteiger charge is -2.19. The van der Waals surface area contributed by atoms with E-state index >= 15 is 0 Å². The van der Waals surface area contributed by atoms with E-state index in [1.807, 2.05) is 0 Å². The summed E-state index contributed by atoms with van der Waals surface area (Å²) in [5.74, 6) is 0.287. The molecule has 0 saturated heterocycles. The van der Waals surface area contributed by atoms with Crippen LogP contribution in [0.3, 0.4) is 0 Å². The van der Waals surface area contributed by atoms with Crippen molar-refractivity contribution in [1.82, 2.24) is 0 Å². The van der Waals surface area contributed by atoms with Crippen molar-refractivity contribution in [1.29, 1.82) is 0 Å². The number of ether oxygens (including phenoxy) is 1. The summed E-state index contributed by atoms with van der Waals surface area (Å²) in [5, 5.41) is 0. The fourth-order valence-corrected chi connectivity index (χ4v) is 2.55. The first-order valence-corrected chi connectivity index (χ1v) is 8.41. The summed E-state index contributed by atoms with van der Waals surface area (Å²) in [6.45, 7) is 13.2. The van der Waals surface area contributed by atoms with Gasteiger partial charge in [0, 0.05) is 6.61 Å². The van der Waals surface area contributed by atoms with Gasteiger partial charge in [-0.25, -0.2) is 8.42 Å². The molecule has 0 amide bonds. The standard InChI is InChI=1S/C14H30O3S/c1-13(2,3)12-17-10-8-7-9-11-18(15,16)14(4,5)6/h7-12H2,1-6H3. The Kier molecular flexibility index (Phi) is 6.86. The number of unbranched alkanes of at least 4 members (excludes halogenated alkanes) is 2. The van der Waals surface area contributed by atoms with Crippen molar-refractivity contribution in [3.05, 3.63) is 0 Å². The topological polar surface area (TPSA) is 43.4 Å². The van der Waals surface area contributed by atoms with Gasteiger partial charge in [0.05, 0.1) is 17.1 Å². The lowest BCUT2D eigenvalue weighted by molar-refractivity contribution is 0.0688. The molecule has 0 N–H and O–H groups in total. The minimum Gasteiger partial charge on any atom is -0.381 e. The van der Waals surface area contributed by atoms with Gasteiger partial charge in [-0.15, -0.1) is 0 Å². The van der Waals surface area contributed by atoms with Crippen LogP contribution in [0.5, 0.6) is 0 Å². The summed E-state index contributed by atoms with van der Waals surface area (Å²) in [6, 6.07) is 0.